The van der Waals surface area contributed by atoms with E-state index in [2.05, 4.69) is 5.32 Å². The molecule has 0 aromatic heterocycles. The van der Waals surface area contributed by atoms with Crippen molar-refractivity contribution >= 4 is 11.7 Å². The summed E-state index contributed by atoms with van der Waals surface area (Å²) in [5, 5.41) is 11.6. The summed E-state index contributed by atoms with van der Waals surface area (Å²) in [6.45, 7) is 3.78. The maximum absolute atomic E-state index is 12.9. The van der Waals surface area contributed by atoms with Crippen LogP contribution < -0.4 is 5.32 Å². The van der Waals surface area contributed by atoms with Gasteiger partial charge in [-0.05, 0) is 24.5 Å². The fraction of sp³-hybridized carbons (Fsp3) is 0.417. The van der Waals surface area contributed by atoms with Gasteiger partial charge in [-0.1, -0.05) is 13.8 Å². The second-order valence-corrected chi connectivity index (χ2v) is 4.29. The Morgan fingerprint density at radius 3 is 2.47 bits per heavy atom. The standard InChI is InChI=1S/C12H15F2NO2/c1-7(2)5-11(12(16)17)15-8-3-4-9(13)10(14)6-8/h3-4,6-7,11,15H,5H2,1-2H3,(H,16,17). The van der Waals surface area contributed by atoms with Gasteiger partial charge in [-0.25, -0.2) is 13.6 Å². The summed E-state index contributed by atoms with van der Waals surface area (Å²) in [6, 6.07) is 2.42. The fourth-order valence-corrected chi connectivity index (χ4v) is 1.48. The molecule has 0 saturated carbocycles. The second-order valence-electron chi connectivity index (χ2n) is 4.29. The van der Waals surface area contributed by atoms with Gasteiger partial charge in [0.05, 0.1) is 0 Å². The van der Waals surface area contributed by atoms with E-state index < -0.39 is 23.6 Å². The number of carbonyl (C=O) groups is 1. The molecule has 0 aliphatic carbocycles. The number of carboxylic acids is 1. The maximum Gasteiger partial charge on any atom is 0.326 e. The Balaban J connectivity index is 2.78. The van der Waals surface area contributed by atoms with Crippen LogP contribution in [0.2, 0.25) is 0 Å². The molecule has 17 heavy (non-hydrogen) atoms. The van der Waals surface area contributed by atoms with E-state index in [-0.39, 0.29) is 11.6 Å². The molecule has 94 valence electrons. The van der Waals surface area contributed by atoms with Crippen molar-refractivity contribution in [2.75, 3.05) is 5.32 Å². The molecule has 0 aliphatic heterocycles. The molecule has 0 heterocycles. The van der Waals surface area contributed by atoms with E-state index in [4.69, 9.17) is 5.11 Å². The number of halogens is 2. The highest BCUT2D eigenvalue weighted by molar-refractivity contribution is 5.77. The van der Waals surface area contributed by atoms with Crippen LogP contribution >= 0.6 is 0 Å². The van der Waals surface area contributed by atoms with Crippen molar-refractivity contribution in [2.45, 2.75) is 26.3 Å². The summed E-state index contributed by atoms with van der Waals surface area (Å²) >= 11 is 0. The minimum Gasteiger partial charge on any atom is -0.480 e. The van der Waals surface area contributed by atoms with Crippen LogP contribution in [0.25, 0.3) is 0 Å². The first-order valence-corrected chi connectivity index (χ1v) is 5.34. The average Bonchev–Trinajstić information content (AvgIpc) is 2.21. The molecule has 0 fully saturated rings. The van der Waals surface area contributed by atoms with Crippen molar-refractivity contribution in [1.82, 2.24) is 0 Å². The van der Waals surface area contributed by atoms with Crippen LogP contribution in [0, 0.1) is 17.6 Å². The second kappa shape index (κ2) is 5.61. The summed E-state index contributed by atoms with van der Waals surface area (Å²) in [5.74, 6) is -2.77. The van der Waals surface area contributed by atoms with Crippen LogP contribution in [-0.4, -0.2) is 17.1 Å². The summed E-state index contributed by atoms with van der Waals surface area (Å²) in [5.41, 5.74) is 0.261. The quantitative estimate of drug-likeness (QED) is 0.836. The third kappa shape index (κ3) is 4.01. The molecule has 1 atom stereocenters. The summed E-state index contributed by atoms with van der Waals surface area (Å²) < 4.78 is 25.6. The SMILES string of the molecule is CC(C)CC(Nc1ccc(F)c(F)c1)C(=O)O. The third-order valence-corrected chi connectivity index (χ3v) is 2.27. The molecule has 0 spiro atoms. The minimum absolute atomic E-state index is 0.189. The molecule has 0 amide bonds. The van der Waals surface area contributed by atoms with Gasteiger partial charge in [-0.3, -0.25) is 0 Å². The van der Waals surface area contributed by atoms with Crippen LogP contribution in [-0.2, 0) is 4.79 Å². The number of benzene rings is 1. The Morgan fingerprint density at radius 2 is 2.00 bits per heavy atom. The number of hydrogen-bond donors (Lipinski definition) is 2. The van der Waals surface area contributed by atoms with Gasteiger partial charge >= 0.3 is 5.97 Å². The van der Waals surface area contributed by atoms with E-state index in [1.165, 1.54) is 6.07 Å². The Bertz CT molecular complexity index is 407. The van der Waals surface area contributed by atoms with Gasteiger partial charge in [0.2, 0.25) is 0 Å². The van der Waals surface area contributed by atoms with E-state index in [9.17, 15) is 13.6 Å². The molecule has 1 aromatic carbocycles. The Kier molecular flexibility index (Phi) is 4.43. The zero-order valence-electron chi connectivity index (χ0n) is 9.71. The lowest BCUT2D eigenvalue weighted by Gasteiger charge is -2.17. The van der Waals surface area contributed by atoms with Crippen molar-refractivity contribution < 1.29 is 18.7 Å². The highest BCUT2D eigenvalue weighted by Gasteiger charge is 2.18. The Labute approximate surface area is 98.5 Å². The van der Waals surface area contributed by atoms with Crippen LogP contribution in [0.15, 0.2) is 18.2 Å². The van der Waals surface area contributed by atoms with Crippen molar-refractivity contribution in [3.8, 4) is 0 Å². The van der Waals surface area contributed by atoms with E-state index in [0.29, 0.717) is 6.42 Å². The Morgan fingerprint density at radius 1 is 1.35 bits per heavy atom. The van der Waals surface area contributed by atoms with Crippen molar-refractivity contribution in [2.24, 2.45) is 5.92 Å². The van der Waals surface area contributed by atoms with Gasteiger partial charge in [0.15, 0.2) is 11.6 Å². The zero-order chi connectivity index (χ0) is 13.0. The Hall–Kier alpha value is -1.65. The highest BCUT2D eigenvalue weighted by atomic mass is 19.2. The molecular formula is C12H15F2NO2. The molecule has 1 rings (SSSR count). The molecule has 0 aliphatic rings. The first-order chi connectivity index (χ1) is 7.90. The monoisotopic (exact) mass is 243 g/mol. The molecule has 3 nitrogen and oxygen atoms in total. The van der Waals surface area contributed by atoms with E-state index in [1.807, 2.05) is 13.8 Å². The smallest absolute Gasteiger partial charge is 0.326 e. The van der Waals surface area contributed by atoms with Crippen molar-refractivity contribution in [1.29, 1.82) is 0 Å². The molecule has 0 bridgehead atoms. The third-order valence-electron chi connectivity index (χ3n) is 2.27. The van der Waals surface area contributed by atoms with Crippen molar-refractivity contribution in [3.05, 3.63) is 29.8 Å². The molecular weight excluding hydrogens is 228 g/mol. The number of carboxylic acid groups (broad SMARTS) is 1. The number of anilines is 1. The summed E-state index contributed by atoms with van der Waals surface area (Å²) in [6.07, 6.45) is 0.411. The molecule has 1 unspecified atom stereocenters. The molecule has 5 heteroatoms. The number of aliphatic carboxylic acids is 1. The molecule has 1 aromatic rings. The average molecular weight is 243 g/mol. The predicted octanol–water partition coefficient (Wildman–Crippen LogP) is 2.88. The number of hydrogen-bond acceptors (Lipinski definition) is 2. The predicted molar refractivity (Wildman–Crippen MR) is 60.9 cm³/mol. The lowest BCUT2D eigenvalue weighted by molar-refractivity contribution is -0.138. The largest absolute Gasteiger partial charge is 0.480 e. The highest BCUT2D eigenvalue weighted by Crippen LogP contribution is 2.16. The van der Waals surface area contributed by atoms with Crippen LogP contribution in [0.3, 0.4) is 0 Å². The van der Waals surface area contributed by atoms with Gasteiger partial charge < -0.3 is 10.4 Å². The lowest BCUT2D eigenvalue weighted by Crippen LogP contribution is -2.30. The molecule has 0 radical (unpaired) electrons. The maximum atomic E-state index is 12.9. The van der Waals surface area contributed by atoms with E-state index in [1.54, 1.807) is 0 Å². The normalized spacial score (nSPS) is 12.5. The minimum atomic E-state index is -1.01. The first kappa shape index (κ1) is 13.4. The van der Waals surface area contributed by atoms with Gasteiger partial charge in [0.25, 0.3) is 0 Å². The summed E-state index contributed by atoms with van der Waals surface area (Å²) in [7, 11) is 0. The van der Waals surface area contributed by atoms with Gasteiger partial charge in [-0.2, -0.15) is 0 Å². The molecule has 0 saturated heterocycles. The van der Waals surface area contributed by atoms with Crippen LogP contribution in [0.4, 0.5) is 14.5 Å². The van der Waals surface area contributed by atoms with Gasteiger partial charge in [-0.15, -0.1) is 0 Å². The van der Waals surface area contributed by atoms with E-state index >= 15 is 0 Å². The van der Waals surface area contributed by atoms with Gasteiger partial charge in [0.1, 0.15) is 6.04 Å². The van der Waals surface area contributed by atoms with Crippen LogP contribution in [0.1, 0.15) is 20.3 Å². The van der Waals surface area contributed by atoms with Gasteiger partial charge in [0, 0.05) is 11.8 Å². The lowest BCUT2D eigenvalue weighted by atomic mass is 10.0. The number of nitrogens with one attached hydrogen (secondary N) is 1. The first-order valence-electron chi connectivity index (χ1n) is 5.34. The fourth-order valence-electron chi connectivity index (χ4n) is 1.48. The van der Waals surface area contributed by atoms with E-state index in [0.717, 1.165) is 12.1 Å². The molecule has 2 N–H and O–H groups in total. The van der Waals surface area contributed by atoms with Crippen LogP contribution in [0.5, 0.6) is 0 Å². The summed E-state index contributed by atoms with van der Waals surface area (Å²) in [4.78, 5) is 11.0. The topological polar surface area (TPSA) is 49.3 Å². The number of rotatable bonds is 5. The van der Waals surface area contributed by atoms with Crippen molar-refractivity contribution in [3.63, 3.8) is 0 Å². The zero-order valence-corrected chi connectivity index (χ0v) is 9.71.